The number of hydroxylamine groups is 2. The molecule has 1 aromatic rings. The van der Waals surface area contributed by atoms with Gasteiger partial charge in [0.15, 0.2) is 0 Å². The van der Waals surface area contributed by atoms with Crippen molar-refractivity contribution in [2.75, 3.05) is 45.9 Å². The summed E-state index contributed by atoms with van der Waals surface area (Å²) in [5.41, 5.74) is 0.0264. The second-order valence-corrected chi connectivity index (χ2v) is 7.49. The number of hydrogen-bond donors (Lipinski definition) is 0. The number of esters is 1. The molecule has 0 aliphatic carbocycles. The van der Waals surface area contributed by atoms with E-state index in [4.69, 9.17) is 14.3 Å². The molecule has 0 saturated carbocycles. The predicted octanol–water partition coefficient (Wildman–Crippen LogP) is 2.36. The fourth-order valence-electron chi connectivity index (χ4n) is 2.49. The fraction of sp³-hybridized carbons (Fsp3) is 0.600. The molecule has 0 atom stereocenters. The summed E-state index contributed by atoms with van der Waals surface area (Å²) >= 11 is 0. The minimum atomic E-state index is -0.492. The third kappa shape index (κ3) is 6.84. The van der Waals surface area contributed by atoms with Crippen molar-refractivity contribution < 1.29 is 23.9 Å². The van der Waals surface area contributed by atoms with Crippen molar-refractivity contribution in [1.82, 2.24) is 9.96 Å². The Hall–Kier alpha value is -2.12. The van der Waals surface area contributed by atoms with Crippen LogP contribution in [0.5, 0.6) is 5.75 Å². The van der Waals surface area contributed by atoms with Crippen LogP contribution >= 0.6 is 0 Å². The fourth-order valence-corrected chi connectivity index (χ4v) is 2.49. The van der Waals surface area contributed by atoms with Crippen molar-refractivity contribution in [2.24, 2.45) is 5.41 Å². The van der Waals surface area contributed by atoms with Crippen LogP contribution in [0.4, 0.5) is 0 Å². The number of hydrogen-bond acceptors (Lipinski definition) is 7. The van der Waals surface area contributed by atoms with E-state index in [1.165, 1.54) is 0 Å². The SMILES string of the molecule is CCOC(=O)c1ccc(OCCN2CCN(OC(=O)C(C)(C)C)CC2)cc1. The molecule has 1 saturated heterocycles. The lowest BCUT2D eigenvalue weighted by molar-refractivity contribution is -0.207. The van der Waals surface area contributed by atoms with E-state index in [0.717, 1.165) is 25.4 Å². The molecule has 0 radical (unpaired) electrons. The molecule has 150 valence electrons. The molecule has 0 N–H and O–H groups in total. The zero-order chi connectivity index (χ0) is 19.9. The van der Waals surface area contributed by atoms with Gasteiger partial charge < -0.3 is 14.3 Å². The minimum absolute atomic E-state index is 0.203. The molecule has 0 spiro atoms. The van der Waals surface area contributed by atoms with Gasteiger partial charge in [-0.25, -0.2) is 9.59 Å². The van der Waals surface area contributed by atoms with Crippen LogP contribution in [0.3, 0.4) is 0 Å². The van der Waals surface area contributed by atoms with E-state index in [-0.39, 0.29) is 11.9 Å². The lowest BCUT2D eigenvalue weighted by Crippen LogP contribution is -2.48. The molecule has 27 heavy (non-hydrogen) atoms. The van der Waals surface area contributed by atoms with Gasteiger partial charge in [0.2, 0.25) is 0 Å². The summed E-state index contributed by atoms with van der Waals surface area (Å²) in [5, 5.41) is 1.74. The maximum absolute atomic E-state index is 11.9. The molecule has 0 aromatic heterocycles. The van der Waals surface area contributed by atoms with Gasteiger partial charge in [-0.05, 0) is 52.0 Å². The van der Waals surface area contributed by atoms with Crippen molar-refractivity contribution >= 4 is 11.9 Å². The van der Waals surface area contributed by atoms with Gasteiger partial charge in [0, 0.05) is 32.7 Å². The highest BCUT2D eigenvalue weighted by atomic mass is 16.7. The summed E-state index contributed by atoms with van der Waals surface area (Å²) in [6, 6.07) is 6.96. The average molecular weight is 378 g/mol. The Kier molecular flexibility index (Phi) is 7.62. The Bertz CT molecular complexity index is 616. The lowest BCUT2D eigenvalue weighted by atomic mass is 9.98. The van der Waals surface area contributed by atoms with Gasteiger partial charge in [-0.2, -0.15) is 0 Å². The molecule has 0 amide bonds. The number of rotatable bonds is 7. The van der Waals surface area contributed by atoms with E-state index in [2.05, 4.69) is 4.90 Å². The summed E-state index contributed by atoms with van der Waals surface area (Å²) < 4.78 is 10.7. The standard InChI is InChI=1S/C20H30N2O5/c1-5-25-18(23)16-6-8-17(9-7-16)26-15-14-21-10-12-22(13-11-21)27-19(24)20(2,3)4/h6-9H,5,10-15H2,1-4H3. The zero-order valence-corrected chi connectivity index (χ0v) is 16.7. The van der Waals surface area contributed by atoms with Crippen molar-refractivity contribution in [2.45, 2.75) is 27.7 Å². The third-order valence-electron chi connectivity index (χ3n) is 4.20. The van der Waals surface area contributed by atoms with E-state index < -0.39 is 5.41 Å². The van der Waals surface area contributed by atoms with Gasteiger partial charge in [-0.15, -0.1) is 5.06 Å². The number of benzene rings is 1. The van der Waals surface area contributed by atoms with Gasteiger partial charge in [0.05, 0.1) is 17.6 Å². The van der Waals surface area contributed by atoms with E-state index in [1.54, 1.807) is 36.3 Å². The summed E-state index contributed by atoms with van der Waals surface area (Å²) in [4.78, 5) is 31.2. The van der Waals surface area contributed by atoms with Gasteiger partial charge in [-0.3, -0.25) is 4.90 Å². The number of carbonyl (C=O) groups excluding carboxylic acids is 2. The first-order chi connectivity index (χ1) is 12.8. The molecule has 1 aliphatic rings. The zero-order valence-electron chi connectivity index (χ0n) is 16.7. The molecular weight excluding hydrogens is 348 g/mol. The van der Waals surface area contributed by atoms with E-state index in [0.29, 0.717) is 31.9 Å². The molecule has 1 fully saturated rings. The van der Waals surface area contributed by atoms with Crippen molar-refractivity contribution in [3.63, 3.8) is 0 Å². The Morgan fingerprint density at radius 2 is 1.67 bits per heavy atom. The van der Waals surface area contributed by atoms with Crippen LogP contribution in [0, 0.1) is 5.41 Å². The summed E-state index contributed by atoms with van der Waals surface area (Å²) in [5.74, 6) is 0.195. The number of piperazine rings is 1. The Labute approximate surface area is 161 Å². The van der Waals surface area contributed by atoms with Crippen LogP contribution in [0.25, 0.3) is 0 Å². The number of ether oxygens (including phenoxy) is 2. The van der Waals surface area contributed by atoms with Crippen LogP contribution in [0.1, 0.15) is 38.1 Å². The number of carbonyl (C=O) groups is 2. The maximum atomic E-state index is 11.9. The molecule has 0 bridgehead atoms. The van der Waals surface area contributed by atoms with Gasteiger partial charge in [0.25, 0.3) is 0 Å². The normalized spacial score (nSPS) is 16.0. The average Bonchev–Trinajstić information content (AvgIpc) is 2.63. The highest BCUT2D eigenvalue weighted by molar-refractivity contribution is 5.89. The van der Waals surface area contributed by atoms with E-state index in [1.807, 2.05) is 20.8 Å². The maximum Gasteiger partial charge on any atom is 0.338 e. The molecule has 0 unspecified atom stereocenters. The van der Waals surface area contributed by atoms with Crippen LogP contribution in [0.15, 0.2) is 24.3 Å². The van der Waals surface area contributed by atoms with Crippen LogP contribution in [-0.4, -0.2) is 67.8 Å². The summed E-state index contributed by atoms with van der Waals surface area (Å²) in [7, 11) is 0. The van der Waals surface area contributed by atoms with Crippen LogP contribution in [0.2, 0.25) is 0 Å². The highest BCUT2D eigenvalue weighted by Gasteiger charge is 2.27. The van der Waals surface area contributed by atoms with Gasteiger partial charge in [-0.1, -0.05) is 0 Å². The molecule has 7 nitrogen and oxygen atoms in total. The monoisotopic (exact) mass is 378 g/mol. The summed E-state index contributed by atoms with van der Waals surface area (Å²) in [6.07, 6.45) is 0. The van der Waals surface area contributed by atoms with Crippen molar-refractivity contribution in [3.05, 3.63) is 29.8 Å². The topological polar surface area (TPSA) is 68.3 Å². The molecule has 2 rings (SSSR count). The lowest BCUT2D eigenvalue weighted by Gasteiger charge is -2.34. The largest absolute Gasteiger partial charge is 0.492 e. The molecule has 1 aromatic carbocycles. The van der Waals surface area contributed by atoms with Crippen molar-refractivity contribution in [3.8, 4) is 5.75 Å². The molecule has 1 heterocycles. The molecular formula is C20H30N2O5. The first-order valence-corrected chi connectivity index (χ1v) is 9.39. The van der Waals surface area contributed by atoms with Crippen LogP contribution in [-0.2, 0) is 14.4 Å². The van der Waals surface area contributed by atoms with E-state index in [9.17, 15) is 9.59 Å². The third-order valence-corrected chi connectivity index (χ3v) is 4.20. The first kappa shape index (κ1) is 21.2. The second-order valence-electron chi connectivity index (χ2n) is 7.49. The first-order valence-electron chi connectivity index (χ1n) is 9.39. The van der Waals surface area contributed by atoms with Crippen LogP contribution < -0.4 is 4.74 Å². The Morgan fingerprint density at radius 3 is 2.22 bits per heavy atom. The smallest absolute Gasteiger partial charge is 0.338 e. The van der Waals surface area contributed by atoms with Gasteiger partial charge in [0.1, 0.15) is 12.4 Å². The molecule has 7 heteroatoms. The van der Waals surface area contributed by atoms with E-state index >= 15 is 0 Å². The summed E-state index contributed by atoms with van der Waals surface area (Å²) in [6.45, 7) is 12.1. The van der Waals surface area contributed by atoms with Crippen molar-refractivity contribution in [1.29, 1.82) is 0 Å². The highest BCUT2D eigenvalue weighted by Crippen LogP contribution is 2.17. The second kappa shape index (κ2) is 9.71. The Morgan fingerprint density at radius 1 is 1.04 bits per heavy atom. The molecule has 1 aliphatic heterocycles. The Balaban J connectivity index is 1.67. The van der Waals surface area contributed by atoms with Gasteiger partial charge >= 0.3 is 11.9 Å². The predicted molar refractivity (Wildman–Crippen MR) is 101 cm³/mol. The minimum Gasteiger partial charge on any atom is -0.492 e. The quantitative estimate of drug-likeness (QED) is 0.675. The number of nitrogens with zero attached hydrogens (tertiary/aromatic N) is 2.